The van der Waals surface area contributed by atoms with Gasteiger partial charge in [0.15, 0.2) is 0 Å². The number of carbonyl (C=O) groups is 1. The summed E-state index contributed by atoms with van der Waals surface area (Å²) in [4.78, 5) is 26.2. The molecular weight excluding hydrogens is 520 g/mol. The van der Waals surface area contributed by atoms with Crippen molar-refractivity contribution in [3.8, 4) is 5.75 Å². The Morgan fingerprint density at radius 3 is 2.26 bits per heavy atom. The van der Waals surface area contributed by atoms with E-state index in [1.54, 1.807) is 35.2 Å². The molecule has 39 heavy (non-hydrogen) atoms. The number of nitrogens with one attached hydrogen (secondary N) is 1. The number of fused-ring (bicyclic) bond motifs is 1. The lowest BCUT2D eigenvalue weighted by Crippen LogP contribution is -2.48. The maximum atomic E-state index is 13.1. The van der Waals surface area contributed by atoms with Gasteiger partial charge in [-0.3, -0.25) is 14.9 Å². The largest absolute Gasteiger partial charge is 0.497 e. The zero-order chi connectivity index (χ0) is 27.6. The molecular formula is C28H26N4O6S. The minimum atomic E-state index is -3.72. The van der Waals surface area contributed by atoms with Gasteiger partial charge in [0.25, 0.3) is 11.6 Å². The molecule has 0 bridgehead atoms. The van der Waals surface area contributed by atoms with E-state index in [1.807, 2.05) is 36.4 Å². The molecule has 0 aromatic heterocycles. The number of nitro groups is 1. The normalized spacial score (nSPS) is 14.2. The number of ether oxygens (including phenoxy) is 1. The Labute approximate surface area is 225 Å². The summed E-state index contributed by atoms with van der Waals surface area (Å²) in [7, 11) is -2.21. The van der Waals surface area contributed by atoms with Crippen LogP contribution < -0.4 is 15.0 Å². The molecule has 0 unspecified atom stereocenters. The van der Waals surface area contributed by atoms with E-state index in [4.69, 9.17) is 4.74 Å². The molecule has 1 aliphatic rings. The molecule has 0 spiro atoms. The topological polar surface area (TPSA) is 122 Å². The van der Waals surface area contributed by atoms with Gasteiger partial charge in [0.2, 0.25) is 10.0 Å². The number of hydrogen-bond donors (Lipinski definition) is 1. The van der Waals surface area contributed by atoms with E-state index in [2.05, 4.69) is 5.32 Å². The second-order valence-electron chi connectivity index (χ2n) is 9.04. The van der Waals surface area contributed by atoms with Crippen LogP contribution in [0.3, 0.4) is 0 Å². The lowest BCUT2D eigenvalue weighted by Gasteiger charge is -2.35. The molecule has 4 aromatic rings. The predicted molar refractivity (Wildman–Crippen MR) is 149 cm³/mol. The molecule has 0 radical (unpaired) electrons. The zero-order valence-electron chi connectivity index (χ0n) is 21.1. The Kier molecular flexibility index (Phi) is 7.18. The summed E-state index contributed by atoms with van der Waals surface area (Å²) in [5.41, 5.74) is 0.857. The fraction of sp³-hybridized carbons (Fsp3) is 0.179. The van der Waals surface area contributed by atoms with Crippen molar-refractivity contribution in [1.82, 2.24) is 4.31 Å². The Balaban J connectivity index is 1.30. The minimum Gasteiger partial charge on any atom is -0.497 e. The number of rotatable bonds is 7. The lowest BCUT2D eigenvalue weighted by molar-refractivity contribution is -0.384. The van der Waals surface area contributed by atoms with Crippen molar-refractivity contribution in [2.24, 2.45) is 0 Å². The third-order valence-electron chi connectivity index (χ3n) is 6.72. The van der Waals surface area contributed by atoms with Gasteiger partial charge in [-0.15, -0.1) is 0 Å². The van der Waals surface area contributed by atoms with Gasteiger partial charge in [0.1, 0.15) is 11.4 Å². The van der Waals surface area contributed by atoms with Gasteiger partial charge in [0.05, 0.1) is 16.9 Å². The Morgan fingerprint density at radius 2 is 1.59 bits per heavy atom. The van der Waals surface area contributed by atoms with E-state index < -0.39 is 20.9 Å². The summed E-state index contributed by atoms with van der Waals surface area (Å²) in [6, 6.07) is 23.8. The van der Waals surface area contributed by atoms with Gasteiger partial charge in [-0.2, -0.15) is 4.31 Å². The molecule has 10 nitrogen and oxygen atoms in total. The van der Waals surface area contributed by atoms with Crippen molar-refractivity contribution in [1.29, 1.82) is 0 Å². The quantitative estimate of drug-likeness (QED) is 0.267. The molecule has 5 rings (SSSR count). The third-order valence-corrected chi connectivity index (χ3v) is 8.63. The molecule has 1 heterocycles. The van der Waals surface area contributed by atoms with E-state index in [9.17, 15) is 23.3 Å². The van der Waals surface area contributed by atoms with Crippen LogP contribution in [0.4, 0.5) is 17.1 Å². The first-order valence-electron chi connectivity index (χ1n) is 12.2. The summed E-state index contributed by atoms with van der Waals surface area (Å²) in [6.45, 7) is 0.850. The van der Waals surface area contributed by atoms with Crippen LogP contribution in [0.5, 0.6) is 5.75 Å². The second-order valence-corrected chi connectivity index (χ2v) is 11.0. The highest BCUT2D eigenvalue weighted by atomic mass is 32.2. The van der Waals surface area contributed by atoms with Crippen LogP contribution in [0.2, 0.25) is 0 Å². The smallest absolute Gasteiger partial charge is 0.293 e. The van der Waals surface area contributed by atoms with Crippen LogP contribution in [0.25, 0.3) is 10.8 Å². The number of hydrogen-bond acceptors (Lipinski definition) is 7. The SMILES string of the molecule is COc1ccc(S(=O)(=O)N2CCN(c3ccc(C(=O)Nc4ccc5ccccc5c4)cc3[N+](=O)[O-])CC2)cc1. The molecule has 0 aliphatic carbocycles. The van der Waals surface area contributed by atoms with Crippen molar-refractivity contribution in [3.63, 3.8) is 0 Å². The first kappa shape index (κ1) is 26.1. The molecule has 1 amide bonds. The highest BCUT2D eigenvalue weighted by molar-refractivity contribution is 7.89. The number of carbonyl (C=O) groups excluding carboxylic acids is 1. The number of benzene rings is 4. The monoisotopic (exact) mass is 546 g/mol. The Hall–Kier alpha value is -4.48. The highest BCUT2D eigenvalue weighted by Crippen LogP contribution is 2.31. The van der Waals surface area contributed by atoms with Gasteiger partial charge in [-0.05, 0) is 59.3 Å². The fourth-order valence-corrected chi connectivity index (χ4v) is 6.04. The molecule has 4 aromatic carbocycles. The summed E-state index contributed by atoms with van der Waals surface area (Å²) >= 11 is 0. The van der Waals surface area contributed by atoms with Gasteiger partial charge in [0, 0.05) is 43.5 Å². The minimum absolute atomic E-state index is 0.152. The van der Waals surface area contributed by atoms with Crippen molar-refractivity contribution >= 4 is 43.8 Å². The highest BCUT2D eigenvalue weighted by Gasteiger charge is 2.31. The zero-order valence-corrected chi connectivity index (χ0v) is 21.9. The van der Waals surface area contributed by atoms with Gasteiger partial charge < -0.3 is 15.0 Å². The average Bonchev–Trinajstić information content (AvgIpc) is 2.96. The number of nitro benzene ring substituents is 1. The molecule has 1 N–H and O–H groups in total. The number of methoxy groups -OCH3 is 1. The number of sulfonamides is 1. The van der Waals surface area contributed by atoms with Gasteiger partial charge in [-0.25, -0.2) is 8.42 Å². The maximum absolute atomic E-state index is 13.1. The van der Waals surface area contributed by atoms with E-state index in [1.165, 1.54) is 29.6 Å². The standard InChI is InChI=1S/C28H26N4O6S/c1-38-24-9-11-25(12-10-24)39(36,37)31-16-14-30(15-17-31)26-13-7-22(19-27(26)32(34)35)28(33)29-23-8-6-20-4-2-3-5-21(20)18-23/h2-13,18-19H,14-17H2,1H3,(H,29,33). The van der Waals surface area contributed by atoms with Crippen molar-refractivity contribution < 1.29 is 22.9 Å². The Bertz CT molecular complexity index is 1650. The first-order valence-corrected chi connectivity index (χ1v) is 13.7. The van der Waals surface area contributed by atoms with Crippen molar-refractivity contribution in [2.75, 3.05) is 43.5 Å². The summed E-state index contributed by atoms with van der Waals surface area (Å²) in [5.74, 6) is 0.0933. The molecule has 1 aliphatic heterocycles. The van der Waals surface area contributed by atoms with Crippen molar-refractivity contribution in [2.45, 2.75) is 4.90 Å². The number of piperazine rings is 1. The second kappa shape index (κ2) is 10.7. The molecule has 1 fully saturated rings. The first-order chi connectivity index (χ1) is 18.8. The van der Waals surface area contributed by atoms with E-state index >= 15 is 0 Å². The van der Waals surface area contributed by atoms with E-state index in [0.717, 1.165) is 10.8 Å². The number of anilines is 2. The summed E-state index contributed by atoms with van der Waals surface area (Å²) < 4.78 is 32.6. The van der Waals surface area contributed by atoms with Gasteiger partial charge >= 0.3 is 0 Å². The molecule has 1 saturated heterocycles. The summed E-state index contributed by atoms with van der Waals surface area (Å²) in [6.07, 6.45) is 0. The van der Waals surface area contributed by atoms with E-state index in [0.29, 0.717) is 17.1 Å². The van der Waals surface area contributed by atoms with Crippen molar-refractivity contribution in [3.05, 3.63) is 101 Å². The summed E-state index contributed by atoms with van der Waals surface area (Å²) in [5, 5.41) is 16.7. The maximum Gasteiger partial charge on any atom is 0.293 e. The van der Waals surface area contributed by atoms with Crippen LogP contribution >= 0.6 is 0 Å². The fourth-order valence-electron chi connectivity index (χ4n) is 4.61. The molecule has 200 valence electrons. The van der Waals surface area contributed by atoms with Crippen LogP contribution in [-0.2, 0) is 10.0 Å². The lowest BCUT2D eigenvalue weighted by atomic mass is 10.1. The Morgan fingerprint density at radius 1 is 0.897 bits per heavy atom. The van der Waals surface area contributed by atoms with E-state index in [-0.39, 0.29) is 42.3 Å². The number of amides is 1. The molecule has 11 heteroatoms. The molecule has 0 atom stereocenters. The van der Waals surface area contributed by atoms with Gasteiger partial charge in [-0.1, -0.05) is 30.3 Å². The third kappa shape index (κ3) is 5.40. The van der Waals surface area contributed by atoms with Crippen LogP contribution in [0.1, 0.15) is 10.4 Å². The molecule has 0 saturated carbocycles. The van der Waals surface area contributed by atoms with Crippen LogP contribution in [-0.4, -0.2) is 56.8 Å². The average molecular weight is 547 g/mol. The number of nitrogens with zero attached hydrogens (tertiary/aromatic N) is 3. The van der Waals surface area contributed by atoms with Crippen LogP contribution in [0.15, 0.2) is 89.8 Å². The van der Waals surface area contributed by atoms with Crippen LogP contribution in [0, 0.1) is 10.1 Å². The predicted octanol–water partition coefficient (Wildman–Crippen LogP) is 4.52.